The van der Waals surface area contributed by atoms with E-state index in [0.29, 0.717) is 6.42 Å². The van der Waals surface area contributed by atoms with Gasteiger partial charge in [0.05, 0.1) is 0 Å². The summed E-state index contributed by atoms with van der Waals surface area (Å²) in [7, 11) is 0. The average Bonchev–Trinajstić information content (AvgIpc) is 1.80. The number of carbonyl (C=O) groups excluding carboxylic acids is 1. The van der Waals surface area contributed by atoms with Gasteiger partial charge in [-0.1, -0.05) is 12.2 Å². The van der Waals surface area contributed by atoms with Crippen LogP contribution in [-0.2, 0) is 4.79 Å². The molecule has 0 aromatic rings. The lowest BCUT2D eigenvalue weighted by atomic mass is 10.2. The summed E-state index contributed by atoms with van der Waals surface area (Å²) in [4.78, 5) is 10.2. The van der Waals surface area contributed by atoms with Crippen molar-refractivity contribution in [3.63, 3.8) is 0 Å². The summed E-state index contributed by atoms with van der Waals surface area (Å²) in [5.41, 5.74) is 0. The van der Waals surface area contributed by atoms with E-state index >= 15 is 0 Å². The Morgan fingerprint density at radius 3 is 2.78 bits per heavy atom. The van der Waals surface area contributed by atoms with Crippen LogP contribution in [-0.4, -0.2) is 5.12 Å². The fourth-order valence-electron chi connectivity index (χ4n) is 0.538. The molecule has 0 aliphatic rings. The first kappa shape index (κ1) is 8.76. The first-order valence-electron chi connectivity index (χ1n) is 3.10. The highest BCUT2D eigenvalue weighted by Gasteiger charge is 1.90. The summed E-state index contributed by atoms with van der Waals surface area (Å²) < 4.78 is 0. The molecule has 0 amide bonds. The van der Waals surface area contributed by atoms with Gasteiger partial charge in [-0.2, -0.15) is 0 Å². The smallest absolute Gasteiger partial charge is 0.185 e. The van der Waals surface area contributed by atoms with Gasteiger partial charge in [-0.25, -0.2) is 0 Å². The predicted octanol–water partition coefficient (Wildman–Crippen LogP) is 2.19. The van der Waals surface area contributed by atoms with Crippen molar-refractivity contribution in [2.75, 3.05) is 0 Å². The van der Waals surface area contributed by atoms with Crippen molar-refractivity contribution in [1.82, 2.24) is 0 Å². The summed E-state index contributed by atoms with van der Waals surface area (Å²) >= 11 is 3.64. The average molecular weight is 144 g/mol. The van der Waals surface area contributed by atoms with Crippen LogP contribution < -0.4 is 0 Å². The molecule has 0 spiro atoms. The third kappa shape index (κ3) is 7.76. The Morgan fingerprint density at radius 1 is 1.67 bits per heavy atom. The third-order valence-corrected chi connectivity index (χ3v) is 1.22. The van der Waals surface area contributed by atoms with Crippen molar-refractivity contribution in [2.45, 2.75) is 26.2 Å². The number of rotatable bonds is 4. The summed E-state index contributed by atoms with van der Waals surface area (Å²) in [6.07, 6.45) is 6.54. The van der Waals surface area contributed by atoms with Crippen LogP contribution in [0.2, 0.25) is 0 Å². The van der Waals surface area contributed by atoms with Crippen LogP contribution in [0.4, 0.5) is 0 Å². The number of carbonyl (C=O) groups is 1. The maximum atomic E-state index is 10.2. The quantitative estimate of drug-likeness (QED) is 0.363. The van der Waals surface area contributed by atoms with E-state index < -0.39 is 0 Å². The fourth-order valence-corrected chi connectivity index (χ4v) is 0.696. The van der Waals surface area contributed by atoms with E-state index in [1.54, 1.807) is 0 Å². The highest BCUT2D eigenvalue weighted by atomic mass is 32.1. The summed E-state index contributed by atoms with van der Waals surface area (Å²) in [5, 5.41) is -0.0143. The Hall–Kier alpha value is -0.240. The molecule has 0 heterocycles. The van der Waals surface area contributed by atoms with Crippen LogP contribution >= 0.6 is 12.6 Å². The van der Waals surface area contributed by atoms with E-state index in [1.165, 1.54) is 0 Å². The van der Waals surface area contributed by atoms with E-state index in [1.807, 2.05) is 13.0 Å². The molecule has 0 unspecified atom stereocenters. The second kappa shape index (κ2) is 5.89. The van der Waals surface area contributed by atoms with Crippen molar-refractivity contribution < 1.29 is 4.79 Å². The van der Waals surface area contributed by atoms with Gasteiger partial charge in [0, 0.05) is 6.42 Å². The van der Waals surface area contributed by atoms with Crippen LogP contribution in [0.1, 0.15) is 26.2 Å². The lowest BCUT2D eigenvalue weighted by Crippen LogP contribution is -1.83. The van der Waals surface area contributed by atoms with Gasteiger partial charge >= 0.3 is 0 Å². The Morgan fingerprint density at radius 2 is 2.33 bits per heavy atom. The lowest BCUT2D eigenvalue weighted by Gasteiger charge is -1.88. The first-order chi connectivity index (χ1) is 4.27. The van der Waals surface area contributed by atoms with Gasteiger partial charge < -0.3 is 0 Å². The standard InChI is InChI=1S/C7H12OS/c1-2-3-4-5-6-7(8)9/h2-3H,4-6H2,1H3,(H,8,9)/b3-2+. The summed E-state index contributed by atoms with van der Waals surface area (Å²) in [6.45, 7) is 1.97. The molecule has 52 valence electrons. The minimum absolute atomic E-state index is 0.0143. The Bertz CT molecular complexity index is 107. The molecule has 0 radical (unpaired) electrons. The molecule has 0 aliphatic heterocycles. The molecular weight excluding hydrogens is 132 g/mol. The van der Waals surface area contributed by atoms with Gasteiger partial charge in [0.15, 0.2) is 5.12 Å². The van der Waals surface area contributed by atoms with Crippen molar-refractivity contribution in [3.8, 4) is 0 Å². The second-order valence-corrected chi connectivity index (χ2v) is 2.35. The first-order valence-corrected chi connectivity index (χ1v) is 3.55. The van der Waals surface area contributed by atoms with Crippen LogP contribution in [0.15, 0.2) is 12.2 Å². The van der Waals surface area contributed by atoms with E-state index in [-0.39, 0.29) is 5.12 Å². The summed E-state index contributed by atoms with van der Waals surface area (Å²) in [6, 6.07) is 0. The number of allylic oxidation sites excluding steroid dienone is 2. The second-order valence-electron chi connectivity index (χ2n) is 1.86. The predicted molar refractivity (Wildman–Crippen MR) is 42.7 cm³/mol. The molecule has 0 bridgehead atoms. The number of thiol groups is 1. The topological polar surface area (TPSA) is 17.1 Å². The van der Waals surface area contributed by atoms with Crippen LogP contribution in [0.25, 0.3) is 0 Å². The third-order valence-electron chi connectivity index (χ3n) is 0.997. The normalized spacial score (nSPS) is 10.4. The molecule has 0 N–H and O–H groups in total. The number of hydrogen-bond donors (Lipinski definition) is 1. The molecule has 0 aromatic heterocycles. The van der Waals surface area contributed by atoms with E-state index in [2.05, 4.69) is 18.7 Å². The molecule has 0 aliphatic carbocycles. The number of unbranched alkanes of at least 4 members (excludes halogenated alkanes) is 1. The highest BCUT2D eigenvalue weighted by molar-refractivity contribution is 7.96. The minimum atomic E-state index is -0.0143. The SMILES string of the molecule is C/C=C/CCCC(=O)S. The van der Waals surface area contributed by atoms with Gasteiger partial charge in [-0.3, -0.25) is 4.79 Å². The van der Waals surface area contributed by atoms with Gasteiger partial charge in [-0.05, 0) is 19.8 Å². The minimum Gasteiger partial charge on any atom is -0.288 e. The molecule has 0 fully saturated rings. The molecule has 9 heavy (non-hydrogen) atoms. The molecule has 0 saturated heterocycles. The van der Waals surface area contributed by atoms with Gasteiger partial charge in [0.2, 0.25) is 0 Å². The van der Waals surface area contributed by atoms with Crippen LogP contribution in [0.5, 0.6) is 0 Å². The Balaban J connectivity index is 3.01. The molecular formula is C7H12OS. The zero-order valence-electron chi connectivity index (χ0n) is 5.63. The van der Waals surface area contributed by atoms with E-state index in [0.717, 1.165) is 12.8 Å². The zero-order valence-corrected chi connectivity index (χ0v) is 6.53. The highest BCUT2D eigenvalue weighted by Crippen LogP contribution is 1.98. The van der Waals surface area contributed by atoms with Gasteiger partial charge in [-0.15, -0.1) is 12.6 Å². The van der Waals surface area contributed by atoms with Crippen LogP contribution in [0.3, 0.4) is 0 Å². The van der Waals surface area contributed by atoms with E-state index in [4.69, 9.17) is 0 Å². The number of hydrogen-bond acceptors (Lipinski definition) is 1. The fraction of sp³-hybridized carbons (Fsp3) is 0.571. The van der Waals surface area contributed by atoms with Gasteiger partial charge in [0.25, 0.3) is 0 Å². The Labute approximate surface area is 61.6 Å². The molecule has 2 heteroatoms. The van der Waals surface area contributed by atoms with Crippen molar-refractivity contribution in [3.05, 3.63) is 12.2 Å². The van der Waals surface area contributed by atoms with Gasteiger partial charge in [0.1, 0.15) is 0 Å². The summed E-state index contributed by atoms with van der Waals surface area (Å²) in [5.74, 6) is 0. The Kier molecular flexibility index (Phi) is 5.73. The lowest BCUT2D eigenvalue weighted by molar-refractivity contribution is -0.110. The molecule has 0 aromatic carbocycles. The van der Waals surface area contributed by atoms with E-state index in [9.17, 15) is 4.79 Å². The molecule has 0 rings (SSSR count). The van der Waals surface area contributed by atoms with Crippen molar-refractivity contribution >= 4 is 17.7 Å². The maximum absolute atomic E-state index is 10.2. The monoisotopic (exact) mass is 144 g/mol. The zero-order chi connectivity index (χ0) is 7.11. The molecule has 0 saturated carbocycles. The van der Waals surface area contributed by atoms with Crippen molar-refractivity contribution in [1.29, 1.82) is 0 Å². The van der Waals surface area contributed by atoms with Crippen LogP contribution in [0, 0.1) is 0 Å². The largest absolute Gasteiger partial charge is 0.288 e. The molecule has 1 nitrogen and oxygen atoms in total. The molecule has 0 atom stereocenters. The maximum Gasteiger partial charge on any atom is 0.185 e. The van der Waals surface area contributed by atoms with Crippen molar-refractivity contribution in [2.24, 2.45) is 0 Å².